The van der Waals surface area contributed by atoms with Crippen molar-refractivity contribution in [1.29, 1.82) is 0 Å². The lowest BCUT2D eigenvalue weighted by atomic mass is 10.2. The third-order valence-electron chi connectivity index (χ3n) is 4.72. The lowest BCUT2D eigenvalue weighted by Gasteiger charge is -2.27. The van der Waals surface area contributed by atoms with Crippen molar-refractivity contribution in [3.05, 3.63) is 88.2 Å². The molecule has 1 aromatic heterocycles. The number of nitrogens with zero attached hydrogens (tertiary/aromatic N) is 3. The molecule has 0 fully saturated rings. The fourth-order valence-electron chi connectivity index (χ4n) is 3.20. The average molecular weight is 395 g/mol. The lowest BCUT2D eigenvalue weighted by molar-refractivity contribution is 0.0683. The van der Waals surface area contributed by atoms with Crippen molar-refractivity contribution in [3.63, 3.8) is 0 Å². The molecule has 28 heavy (non-hydrogen) atoms. The van der Waals surface area contributed by atoms with Crippen LogP contribution in [0.15, 0.2) is 60.7 Å². The van der Waals surface area contributed by atoms with Gasteiger partial charge in [-0.25, -0.2) is 0 Å². The summed E-state index contributed by atoms with van der Waals surface area (Å²) in [5, 5.41) is 7.78. The van der Waals surface area contributed by atoms with Crippen LogP contribution in [0.5, 0.6) is 0 Å². The number of nitrogens with one attached hydrogen (secondary N) is 1. The molecule has 1 N–H and O–H groups in total. The van der Waals surface area contributed by atoms with E-state index < -0.39 is 0 Å². The molecule has 2 heterocycles. The molecule has 2 aromatic carbocycles. The molecule has 0 spiro atoms. The van der Waals surface area contributed by atoms with Gasteiger partial charge in [0, 0.05) is 30.7 Å². The Morgan fingerprint density at radius 2 is 1.82 bits per heavy atom. The van der Waals surface area contributed by atoms with Crippen LogP contribution in [0.25, 0.3) is 0 Å². The molecule has 0 saturated heterocycles. The predicted molar refractivity (Wildman–Crippen MR) is 106 cm³/mol. The average Bonchev–Trinajstić information content (AvgIpc) is 3.16. The van der Waals surface area contributed by atoms with Gasteiger partial charge in [0.05, 0.1) is 6.54 Å². The number of amides is 2. The molecular formula is C21H19ClN4O2. The van der Waals surface area contributed by atoms with Crippen molar-refractivity contribution < 1.29 is 9.59 Å². The molecule has 0 aliphatic carbocycles. The van der Waals surface area contributed by atoms with Crippen LogP contribution in [-0.4, -0.2) is 33.0 Å². The van der Waals surface area contributed by atoms with E-state index in [4.69, 9.17) is 11.6 Å². The van der Waals surface area contributed by atoms with E-state index >= 15 is 0 Å². The fourth-order valence-corrected chi connectivity index (χ4v) is 3.40. The Kier molecular flexibility index (Phi) is 5.12. The number of benzene rings is 2. The van der Waals surface area contributed by atoms with Gasteiger partial charge in [-0.3, -0.25) is 14.3 Å². The van der Waals surface area contributed by atoms with Gasteiger partial charge in [-0.1, -0.05) is 60.1 Å². The Balaban J connectivity index is 1.45. The third kappa shape index (κ3) is 3.77. The first-order valence-electron chi connectivity index (χ1n) is 9.04. The van der Waals surface area contributed by atoms with Crippen LogP contribution >= 0.6 is 11.6 Å². The van der Waals surface area contributed by atoms with Crippen molar-refractivity contribution in [3.8, 4) is 0 Å². The molecule has 7 heteroatoms. The van der Waals surface area contributed by atoms with Gasteiger partial charge in [-0.15, -0.1) is 0 Å². The maximum atomic E-state index is 12.8. The molecule has 0 radical (unpaired) electrons. The molecule has 0 bridgehead atoms. The van der Waals surface area contributed by atoms with Crippen molar-refractivity contribution in [2.75, 3.05) is 6.54 Å². The van der Waals surface area contributed by atoms with Gasteiger partial charge >= 0.3 is 0 Å². The molecule has 2 amide bonds. The number of carbonyl (C=O) groups excluding carboxylic acids is 2. The van der Waals surface area contributed by atoms with E-state index in [2.05, 4.69) is 10.4 Å². The maximum Gasteiger partial charge on any atom is 0.272 e. The number of aromatic nitrogens is 2. The number of fused-ring (bicyclic) bond motifs is 1. The number of hydrogen-bond acceptors (Lipinski definition) is 3. The number of halogens is 1. The lowest BCUT2D eigenvalue weighted by Crippen LogP contribution is -2.39. The minimum Gasteiger partial charge on any atom is -0.347 e. The van der Waals surface area contributed by atoms with Crippen LogP contribution in [0.1, 0.15) is 32.1 Å². The van der Waals surface area contributed by atoms with Gasteiger partial charge < -0.3 is 10.2 Å². The minimum absolute atomic E-state index is 0.152. The Hall–Kier alpha value is -3.12. The van der Waals surface area contributed by atoms with Gasteiger partial charge in [-0.2, -0.15) is 5.10 Å². The highest BCUT2D eigenvalue weighted by atomic mass is 35.5. The first kappa shape index (κ1) is 18.3. The summed E-state index contributed by atoms with van der Waals surface area (Å²) in [6, 6.07) is 18.7. The highest BCUT2D eigenvalue weighted by Gasteiger charge is 2.28. The monoisotopic (exact) mass is 394 g/mol. The Morgan fingerprint density at radius 1 is 1.07 bits per heavy atom. The summed E-state index contributed by atoms with van der Waals surface area (Å²) in [5.74, 6) is -0.447. The topological polar surface area (TPSA) is 67.2 Å². The molecule has 0 saturated carbocycles. The Morgan fingerprint density at radius 3 is 2.61 bits per heavy atom. The minimum atomic E-state index is -0.295. The van der Waals surface area contributed by atoms with Crippen molar-refractivity contribution >= 4 is 23.4 Å². The quantitative estimate of drug-likeness (QED) is 0.723. The zero-order valence-corrected chi connectivity index (χ0v) is 15.9. The summed E-state index contributed by atoms with van der Waals surface area (Å²) in [6.07, 6.45) is 0. The van der Waals surface area contributed by atoms with Gasteiger partial charge in [-0.05, 0) is 17.2 Å². The standard InChI is InChI=1S/C21H19ClN4O2/c22-17-9-5-4-8-16(17)14-25-10-11-26-19(21(25)28)12-18(24-26)20(27)23-13-15-6-2-1-3-7-15/h1-9,12H,10-11,13-14H2,(H,23,27). The van der Waals surface area contributed by atoms with E-state index in [0.29, 0.717) is 36.9 Å². The Labute approximate surface area is 167 Å². The number of carbonyl (C=O) groups is 2. The SMILES string of the molecule is O=C(NCc1ccccc1)c1cc2n(n1)CCN(Cc1ccccc1Cl)C2=O. The molecule has 1 aliphatic heterocycles. The van der Waals surface area contributed by atoms with E-state index in [1.807, 2.05) is 54.6 Å². The zero-order valence-electron chi connectivity index (χ0n) is 15.1. The van der Waals surface area contributed by atoms with Gasteiger partial charge in [0.1, 0.15) is 5.69 Å². The molecule has 0 atom stereocenters. The van der Waals surface area contributed by atoms with Crippen molar-refractivity contribution in [1.82, 2.24) is 20.0 Å². The summed E-state index contributed by atoms with van der Waals surface area (Å²) in [6.45, 7) is 1.90. The summed E-state index contributed by atoms with van der Waals surface area (Å²) in [7, 11) is 0. The summed E-state index contributed by atoms with van der Waals surface area (Å²) < 4.78 is 1.60. The molecule has 142 valence electrons. The number of hydrogen-bond donors (Lipinski definition) is 1. The van der Waals surface area contributed by atoms with E-state index in [9.17, 15) is 9.59 Å². The van der Waals surface area contributed by atoms with Crippen molar-refractivity contribution in [2.24, 2.45) is 0 Å². The second-order valence-corrected chi connectivity index (χ2v) is 7.03. The van der Waals surface area contributed by atoms with E-state index in [1.165, 1.54) is 0 Å². The molecule has 4 rings (SSSR count). The molecule has 6 nitrogen and oxygen atoms in total. The molecule has 1 aliphatic rings. The highest BCUT2D eigenvalue weighted by molar-refractivity contribution is 6.31. The summed E-state index contributed by atoms with van der Waals surface area (Å²) in [4.78, 5) is 27.0. The molecule has 3 aromatic rings. The van der Waals surface area contributed by atoms with E-state index in [0.717, 1.165) is 11.1 Å². The van der Waals surface area contributed by atoms with Gasteiger partial charge in [0.15, 0.2) is 5.69 Å². The van der Waals surface area contributed by atoms with Crippen LogP contribution in [0.2, 0.25) is 5.02 Å². The van der Waals surface area contributed by atoms with Crippen molar-refractivity contribution in [2.45, 2.75) is 19.6 Å². The first-order chi connectivity index (χ1) is 13.6. The van der Waals surface area contributed by atoms with Crippen LogP contribution in [0.4, 0.5) is 0 Å². The summed E-state index contributed by atoms with van der Waals surface area (Å²) in [5.41, 5.74) is 2.56. The van der Waals surface area contributed by atoms with E-state index in [-0.39, 0.29) is 17.5 Å². The zero-order chi connectivity index (χ0) is 19.5. The highest BCUT2D eigenvalue weighted by Crippen LogP contribution is 2.21. The Bertz CT molecular complexity index is 1020. The second kappa shape index (κ2) is 7.86. The van der Waals surface area contributed by atoms with Gasteiger partial charge in [0.25, 0.3) is 11.8 Å². The first-order valence-corrected chi connectivity index (χ1v) is 9.42. The second-order valence-electron chi connectivity index (χ2n) is 6.62. The smallest absolute Gasteiger partial charge is 0.272 e. The fraction of sp³-hybridized carbons (Fsp3) is 0.190. The molecular weight excluding hydrogens is 376 g/mol. The predicted octanol–water partition coefficient (Wildman–Crippen LogP) is 3.12. The summed E-state index contributed by atoms with van der Waals surface area (Å²) >= 11 is 6.21. The van der Waals surface area contributed by atoms with E-state index in [1.54, 1.807) is 15.6 Å². The number of rotatable bonds is 5. The van der Waals surface area contributed by atoms with Crippen LogP contribution in [0.3, 0.4) is 0 Å². The van der Waals surface area contributed by atoms with Crippen LogP contribution < -0.4 is 5.32 Å². The maximum absolute atomic E-state index is 12.8. The largest absolute Gasteiger partial charge is 0.347 e. The normalized spacial score (nSPS) is 13.3. The third-order valence-corrected chi connectivity index (χ3v) is 5.08. The van der Waals surface area contributed by atoms with Crippen LogP contribution in [-0.2, 0) is 19.6 Å². The molecule has 0 unspecified atom stereocenters. The van der Waals surface area contributed by atoms with Gasteiger partial charge in [0.2, 0.25) is 0 Å². The van der Waals surface area contributed by atoms with Crippen LogP contribution in [0, 0.1) is 0 Å².